The lowest BCUT2D eigenvalue weighted by atomic mass is 10.2. The van der Waals surface area contributed by atoms with Crippen molar-refractivity contribution >= 4 is 17.9 Å². The van der Waals surface area contributed by atoms with Gasteiger partial charge in [0.2, 0.25) is 0 Å². The van der Waals surface area contributed by atoms with E-state index in [1.54, 1.807) is 11.9 Å². The molecule has 10 heteroatoms. The summed E-state index contributed by atoms with van der Waals surface area (Å²) in [6.07, 6.45) is 3.45. The molecule has 0 unspecified atom stereocenters. The SMILES string of the molecule is CNC=C/C(=C\C=O)NC(=O)c1nnc(C(F)(F)F)cc1N1CCCCCC1. The van der Waals surface area contributed by atoms with E-state index >= 15 is 0 Å². The van der Waals surface area contributed by atoms with E-state index in [1.807, 2.05) is 0 Å². The molecule has 152 valence electrons. The zero-order chi connectivity index (χ0) is 20.6. The lowest BCUT2D eigenvalue weighted by Gasteiger charge is -2.25. The summed E-state index contributed by atoms with van der Waals surface area (Å²) < 4.78 is 39.3. The third kappa shape index (κ3) is 5.80. The number of nitrogens with zero attached hydrogens (tertiary/aromatic N) is 3. The van der Waals surface area contributed by atoms with Gasteiger partial charge in [0.05, 0.1) is 5.69 Å². The molecule has 0 saturated carbocycles. The number of aromatic nitrogens is 2. The fourth-order valence-electron chi connectivity index (χ4n) is 2.81. The molecule has 0 aliphatic carbocycles. The zero-order valence-electron chi connectivity index (χ0n) is 15.4. The summed E-state index contributed by atoms with van der Waals surface area (Å²) in [5.41, 5.74) is -1.12. The summed E-state index contributed by atoms with van der Waals surface area (Å²) in [6, 6.07) is 0.861. The molecule has 2 heterocycles. The summed E-state index contributed by atoms with van der Waals surface area (Å²) in [7, 11) is 1.63. The number of halogens is 3. The molecule has 28 heavy (non-hydrogen) atoms. The van der Waals surface area contributed by atoms with Crippen LogP contribution in [0.2, 0.25) is 0 Å². The first-order chi connectivity index (χ1) is 13.4. The van der Waals surface area contributed by atoms with E-state index in [2.05, 4.69) is 20.8 Å². The van der Waals surface area contributed by atoms with Crippen LogP contribution >= 0.6 is 0 Å². The quantitative estimate of drug-likeness (QED) is 0.436. The van der Waals surface area contributed by atoms with E-state index in [1.165, 1.54) is 12.3 Å². The standard InChI is InChI=1S/C18H22F3N5O2/c1-22-8-6-13(7-11-27)23-17(28)16-14(26-9-4-2-3-5-10-26)12-15(24-25-16)18(19,20)21/h6-8,11-12,22H,2-5,9-10H2,1H3,(H,23,28)/b8-6?,13-7+. The van der Waals surface area contributed by atoms with E-state index < -0.39 is 17.8 Å². The summed E-state index contributed by atoms with van der Waals surface area (Å²) in [5, 5.41) is 11.9. The van der Waals surface area contributed by atoms with E-state index in [0.29, 0.717) is 19.4 Å². The van der Waals surface area contributed by atoms with Crippen molar-refractivity contribution in [3.63, 3.8) is 0 Å². The lowest BCUT2D eigenvalue weighted by Crippen LogP contribution is -2.31. The van der Waals surface area contributed by atoms with Gasteiger partial charge < -0.3 is 15.5 Å². The van der Waals surface area contributed by atoms with Gasteiger partial charge in [0, 0.05) is 31.9 Å². The second-order valence-corrected chi connectivity index (χ2v) is 6.20. The van der Waals surface area contributed by atoms with Crippen molar-refractivity contribution in [3.8, 4) is 0 Å². The number of nitrogens with one attached hydrogen (secondary N) is 2. The average molecular weight is 397 g/mol. The van der Waals surface area contributed by atoms with Crippen LogP contribution in [0.25, 0.3) is 0 Å². The van der Waals surface area contributed by atoms with Crippen LogP contribution in [0.15, 0.2) is 30.1 Å². The smallest absolute Gasteiger partial charge is 0.394 e. The van der Waals surface area contributed by atoms with Crippen LogP contribution in [-0.4, -0.2) is 42.5 Å². The molecule has 0 spiro atoms. The largest absolute Gasteiger partial charge is 0.435 e. The van der Waals surface area contributed by atoms with Gasteiger partial charge in [-0.1, -0.05) is 12.8 Å². The van der Waals surface area contributed by atoms with Crippen molar-refractivity contribution in [1.82, 2.24) is 20.8 Å². The number of alkyl halides is 3. The molecule has 1 aromatic rings. The Morgan fingerprint density at radius 1 is 1.18 bits per heavy atom. The van der Waals surface area contributed by atoms with Crippen molar-refractivity contribution in [1.29, 1.82) is 0 Å². The number of hydrogen-bond donors (Lipinski definition) is 2. The third-order valence-electron chi connectivity index (χ3n) is 4.16. The molecule has 2 N–H and O–H groups in total. The van der Waals surface area contributed by atoms with Crippen molar-refractivity contribution in [3.05, 3.63) is 41.5 Å². The van der Waals surface area contributed by atoms with Crippen LogP contribution in [0.4, 0.5) is 18.9 Å². The summed E-state index contributed by atoms with van der Waals surface area (Å²) in [4.78, 5) is 25.2. The highest BCUT2D eigenvalue weighted by Crippen LogP contribution is 2.31. The van der Waals surface area contributed by atoms with Crippen molar-refractivity contribution < 1.29 is 22.8 Å². The lowest BCUT2D eigenvalue weighted by molar-refractivity contribution is -0.141. The number of carbonyl (C=O) groups is 2. The van der Waals surface area contributed by atoms with Crippen LogP contribution in [0.3, 0.4) is 0 Å². The summed E-state index contributed by atoms with van der Waals surface area (Å²) in [5.74, 6) is -0.741. The Kier molecular flexibility index (Phi) is 7.53. The van der Waals surface area contributed by atoms with E-state index in [4.69, 9.17) is 0 Å². The highest BCUT2D eigenvalue weighted by molar-refractivity contribution is 5.99. The monoisotopic (exact) mass is 397 g/mol. The first-order valence-electron chi connectivity index (χ1n) is 8.87. The molecule has 0 bridgehead atoms. The van der Waals surface area contributed by atoms with Crippen molar-refractivity contribution in [2.75, 3.05) is 25.0 Å². The third-order valence-corrected chi connectivity index (χ3v) is 4.16. The van der Waals surface area contributed by atoms with Gasteiger partial charge in [-0.25, -0.2) is 0 Å². The average Bonchev–Trinajstić information content (AvgIpc) is 2.94. The minimum atomic E-state index is -4.67. The number of allylic oxidation sites excluding steroid dienone is 2. The predicted octanol–water partition coefficient (Wildman–Crippen LogP) is 2.42. The van der Waals surface area contributed by atoms with Gasteiger partial charge in [-0.05, 0) is 31.2 Å². The zero-order valence-corrected chi connectivity index (χ0v) is 15.4. The molecule has 1 aliphatic rings. The number of aldehydes is 1. The molecule has 1 aromatic heterocycles. The molecule has 0 atom stereocenters. The molecular formula is C18H22F3N5O2. The Labute approximate surface area is 160 Å². The molecule has 1 saturated heterocycles. The van der Waals surface area contributed by atoms with E-state index in [-0.39, 0.29) is 17.1 Å². The van der Waals surface area contributed by atoms with Crippen LogP contribution in [0.5, 0.6) is 0 Å². The van der Waals surface area contributed by atoms with Crippen LogP contribution in [-0.2, 0) is 11.0 Å². The summed E-state index contributed by atoms with van der Waals surface area (Å²) in [6.45, 7) is 1.06. The molecule has 1 fully saturated rings. The molecule has 2 rings (SSSR count). The van der Waals surface area contributed by atoms with E-state index in [0.717, 1.165) is 37.8 Å². The topological polar surface area (TPSA) is 87.2 Å². The van der Waals surface area contributed by atoms with Crippen LogP contribution < -0.4 is 15.5 Å². The number of hydrogen-bond acceptors (Lipinski definition) is 6. The Balaban J connectivity index is 2.40. The maximum absolute atomic E-state index is 13.1. The van der Waals surface area contributed by atoms with Gasteiger partial charge in [-0.3, -0.25) is 9.59 Å². The van der Waals surface area contributed by atoms with Gasteiger partial charge in [0.1, 0.15) is 6.29 Å². The van der Waals surface area contributed by atoms with Crippen molar-refractivity contribution in [2.45, 2.75) is 31.9 Å². The first kappa shape index (κ1) is 21.4. The molecule has 0 aromatic carbocycles. The molecule has 0 radical (unpaired) electrons. The van der Waals surface area contributed by atoms with Gasteiger partial charge in [0.15, 0.2) is 11.4 Å². The Morgan fingerprint density at radius 2 is 1.86 bits per heavy atom. The second-order valence-electron chi connectivity index (χ2n) is 6.20. The van der Waals surface area contributed by atoms with Gasteiger partial charge >= 0.3 is 6.18 Å². The van der Waals surface area contributed by atoms with Gasteiger partial charge in [-0.2, -0.15) is 13.2 Å². The fourth-order valence-corrected chi connectivity index (χ4v) is 2.81. The van der Waals surface area contributed by atoms with E-state index in [9.17, 15) is 22.8 Å². The number of anilines is 1. The highest BCUT2D eigenvalue weighted by Gasteiger charge is 2.35. The number of amides is 1. The maximum atomic E-state index is 13.1. The Hall–Kier alpha value is -2.91. The summed E-state index contributed by atoms with van der Waals surface area (Å²) >= 11 is 0. The van der Waals surface area contributed by atoms with Gasteiger partial charge in [-0.15, -0.1) is 10.2 Å². The number of rotatable bonds is 6. The highest BCUT2D eigenvalue weighted by atomic mass is 19.4. The number of carbonyl (C=O) groups excluding carboxylic acids is 2. The Morgan fingerprint density at radius 3 is 2.43 bits per heavy atom. The molecule has 1 aliphatic heterocycles. The molecule has 1 amide bonds. The minimum Gasteiger partial charge on any atom is -0.394 e. The minimum absolute atomic E-state index is 0.0878. The predicted molar refractivity (Wildman–Crippen MR) is 97.5 cm³/mol. The maximum Gasteiger partial charge on any atom is 0.435 e. The van der Waals surface area contributed by atoms with Crippen molar-refractivity contribution in [2.24, 2.45) is 0 Å². The van der Waals surface area contributed by atoms with Crippen LogP contribution in [0.1, 0.15) is 41.9 Å². The molecule has 7 nitrogen and oxygen atoms in total. The Bertz CT molecular complexity index is 754. The van der Waals surface area contributed by atoms with Crippen LogP contribution in [0, 0.1) is 0 Å². The fraction of sp³-hybridized carbons (Fsp3) is 0.444. The second kappa shape index (κ2) is 9.86. The molecular weight excluding hydrogens is 375 g/mol. The first-order valence-corrected chi connectivity index (χ1v) is 8.87. The van der Waals surface area contributed by atoms with Gasteiger partial charge in [0.25, 0.3) is 5.91 Å². The normalized spacial score (nSPS) is 16.0.